The van der Waals surface area contributed by atoms with E-state index in [1.165, 1.54) is 12.4 Å². The van der Waals surface area contributed by atoms with Crippen molar-refractivity contribution in [3.63, 3.8) is 0 Å². The summed E-state index contributed by atoms with van der Waals surface area (Å²) in [6, 6.07) is 15.3. The molecule has 2 N–H and O–H groups in total. The van der Waals surface area contributed by atoms with Crippen molar-refractivity contribution >= 4 is 22.8 Å². The monoisotopic (exact) mass is 523 g/mol. The van der Waals surface area contributed by atoms with Gasteiger partial charge in [0.1, 0.15) is 35.2 Å². The van der Waals surface area contributed by atoms with Gasteiger partial charge in [0.2, 0.25) is 0 Å². The second kappa shape index (κ2) is 10.2. The SMILES string of the molecule is N#CC(=CC1CC1)C(=O)N1CCC[C@H]1Cn1nc(-c2ccc(Oc3ccccc3F)cc2)c2c(N)ncnc21. The lowest BCUT2D eigenvalue weighted by atomic mass is 10.1. The number of halogens is 1. The Balaban J connectivity index is 1.29. The van der Waals surface area contributed by atoms with Crippen LogP contribution in [0.25, 0.3) is 22.3 Å². The van der Waals surface area contributed by atoms with Crippen molar-refractivity contribution in [3.8, 4) is 28.8 Å². The summed E-state index contributed by atoms with van der Waals surface area (Å²) in [5.41, 5.74) is 8.42. The lowest BCUT2D eigenvalue weighted by Gasteiger charge is -2.24. The number of hydrogen-bond donors (Lipinski definition) is 1. The minimum Gasteiger partial charge on any atom is -0.454 e. The topological polar surface area (TPSA) is 123 Å². The van der Waals surface area contributed by atoms with Crippen LogP contribution in [-0.2, 0) is 11.3 Å². The predicted molar refractivity (Wildman–Crippen MR) is 143 cm³/mol. The second-order valence-electron chi connectivity index (χ2n) is 9.87. The van der Waals surface area contributed by atoms with E-state index in [-0.39, 0.29) is 23.3 Å². The summed E-state index contributed by atoms with van der Waals surface area (Å²) >= 11 is 0. The van der Waals surface area contributed by atoms with Crippen molar-refractivity contribution in [2.45, 2.75) is 38.3 Å². The van der Waals surface area contributed by atoms with Gasteiger partial charge in [-0.05, 0) is 68.0 Å². The molecule has 196 valence electrons. The van der Waals surface area contributed by atoms with E-state index in [0.29, 0.717) is 47.3 Å². The number of nitrogens with zero attached hydrogens (tertiary/aromatic N) is 6. The molecule has 1 atom stereocenters. The van der Waals surface area contributed by atoms with Crippen molar-refractivity contribution in [2.24, 2.45) is 5.92 Å². The number of ether oxygens (including phenoxy) is 1. The molecule has 39 heavy (non-hydrogen) atoms. The van der Waals surface area contributed by atoms with E-state index >= 15 is 0 Å². The number of amides is 1. The molecule has 3 heterocycles. The molecule has 2 aliphatic rings. The number of likely N-dealkylation sites (tertiary alicyclic amines) is 1. The van der Waals surface area contributed by atoms with Crippen molar-refractivity contribution in [1.29, 1.82) is 5.26 Å². The van der Waals surface area contributed by atoms with Crippen LogP contribution < -0.4 is 10.5 Å². The third-order valence-corrected chi connectivity index (χ3v) is 7.15. The Morgan fingerprint density at radius 1 is 1.15 bits per heavy atom. The first-order chi connectivity index (χ1) is 19.0. The number of nitrogens with two attached hydrogens (primary N) is 1. The van der Waals surface area contributed by atoms with Gasteiger partial charge in [-0.2, -0.15) is 10.4 Å². The number of nitrogen functional groups attached to an aromatic ring is 1. The Kier molecular flexibility index (Phi) is 6.40. The van der Waals surface area contributed by atoms with E-state index in [2.05, 4.69) is 16.0 Å². The van der Waals surface area contributed by atoms with Crippen LogP contribution in [0.3, 0.4) is 0 Å². The quantitative estimate of drug-likeness (QED) is 0.271. The second-order valence-corrected chi connectivity index (χ2v) is 9.87. The Morgan fingerprint density at radius 2 is 1.95 bits per heavy atom. The molecule has 1 saturated carbocycles. The summed E-state index contributed by atoms with van der Waals surface area (Å²) in [5.74, 6) is 0.588. The third-order valence-electron chi connectivity index (χ3n) is 7.15. The van der Waals surface area contributed by atoms with Gasteiger partial charge in [-0.1, -0.05) is 18.2 Å². The molecule has 0 spiro atoms. The number of para-hydroxylation sites is 1. The maximum atomic E-state index is 14.0. The highest BCUT2D eigenvalue weighted by atomic mass is 19.1. The highest BCUT2D eigenvalue weighted by Gasteiger charge is 2.33. The third kappa shape index (κ3) is 4.91. The Bertz CT molecular complexity index is 1620. The Hall–Kier alpha value is -4.78. The molecule has 4 aromatic rings. The molecule has 1 aliphatic heterocycles. The lowest BCUT2D eigenvalue weighted by molar-refractivity contribution is -0.127. The zero-order valence-electron chi connectivity index (χ0n) is 21.1. The van der Waals surface area contributed by atoms with Gasteiger partial charge in [-0.25, -0.2) is 19.0 Å². The number of anilines is 1. The van der Waals surface area contributed by atoms with Crippen molar-refractivity contribution in [3.05, 3.63) is 72.3 Å². The first-order valence-corrected chi connectivity index (χ1v) is 12.9. The fraction of sp³-hybridized carbons (Fsp3) is 0.276. The number of rotatable bonds is 7. The van der Waals surface area contributed by atoms with E-state index in [0.717, 1.165) is 31.2 Å². The molecule has 2 aromatic carbocycles. The van der Waals surface area contributed by atoms with Gasteiger partial charge < -0.3 is 15.4 Å². The van der Waals surface area contributed by atoms with E-state index < -0.39 is 5.82 Å². The molecule has 2 fully saturated rings. The average Bonchev–Trinajstić information content (AvgIpc) is 3.52. The van der Waals surface area contributed by atoms with E-state index in [1.807, 2.05) is 18.2 Å². The van der Waals surface area contributed by atoms with Gasteiger partial charge in [0.25, 0.3) is 5.91 Å². The van der Waals surface area contributed by atoms with Crippen molar-refractivity contribution in [1.82, 2.24) is 24.6 Å². The summed E-state index contributed by atoms with van der Waals surface area (Å²) < 4.78 is 21.4. The van der Waals surface area contributed by atoms with Crippen molar-refractivity contribution in [2.75, 3.05) is 12.3 Å². The number of allylic oxidation sites excluding steroid dienone is 1. The van der Waals surface area contributed by atoms with Crippen LogP contribution in [0.1, 0.15) is 25.7 Å². The number of fused-ring (bicyclic) bond motifs is 1. The molecule has 1 saturated heterocycles. The molecule has 6 rings (SSSR count). The van der Waals surface area contributed by atoms with Crippen LogP contribution in [-0.4, -0.2) is 43.1 Å². The number of benzene rings is 2. The summed E-state index contributed by atoms with van der Waals surface area (Å²) in [6.45, 7) is 1.01. The normalized spacial score (nSPS) is 17.4. The zero-order valence-corrected chi connectivity index (χ0v) is 21.1. The van der Waals surface area contributed by atoms with Gasteiger partial charge in [0, 0.05) is 12.1 Å². The van der Waals surface area contributed by atoms with Crippen LogP contribution in [0.2, 0.25) is 0 Å². The standard InChI is InChI=1S/C29H26FN7O2/c30-23-5-1-2-6-24(23)39-22-11-9-19(10-12-22)26-25-27(32)33-17-34-28(25)37(35-26)16-21-4-3-13-36(21)29(38)20(15-31)14-18-7-8-18/h1-2,5-6,9-12,14,17-18,21H,3-4,7-8,13,16H2,(H2,32,33,34)/t21-/m0/s1. The van der Waals surface area contributed by atoms with E-state index in [4.69, 9.17) is 15.6 Å². The number of nitriles is 1. The highest BCUT2D eigenvalue weighted by Crippen LogP contribution is 2.34. The molecule has 0 bridgehead atoms. The first kappa shape index (κ1) is 24.6. The first-order valence-electron chi connectivity index (χ1n) is 12.9. The molecule has 2 aromatic heterocycles. The molecule has 0 unspecified atom stereocenters. The minimum atomic E-state index is -0.444. The van der Waals surface area contributed by atoms with Gasteiger partial charge in [-0.3, -0.25) is 4.79 Å². The predicted octanol–water partition coefficient (Wildman–Crippen LogP) is 4.86. The Labute approximate surface area is 224 Å². The van der Waals surface area contributed by atoms with E-state index in [9.17, 15) is 14.4 Å². The molecule has 0 radical (unpaired) electrons. The van der Waals surface area contributed by atoms with Crippen LogP contribution in [0, 0.1) is 23.1 Å². The van der Waals surface area contributed by atoms with Gasteiger partial charge in [0.05, 0.1) is 18.0 Å². The molecular weight excluding hydrogens is 497 g/mol. The summed E-state index contributed by atoms with van der Waals surface area (Å²) in [7, 11) is 0. The maximum Gasteiger partial charge on any atom is 0.264 e. The molecule has 1 aliphatic carbocycles. The van der Waals surface area contributed by atoms with Gasteiger partial charge in [0.15, 0.2) is 17.2 Å². The molecule has 9 nitrogen and oxygen atoms in total. The summed E-state index contributed by atoms with van der Waals surface area (Å²) in [6.07, 6.45) is 6.92. The smallest absolute Gasteiger partial charge is 0.264 e. The van der Waals surface area contributed by atoms with Gasteiger partial charge >= 0.3 is 0 Å². The Morgan fingerprint density at radius 3 is 2.69 bits per heavy atom. The maximum absolute atomic E-state index is 14.0. The van der Waals surface area contributed by atoms with Crippen LogP contribution in [0.4, 0.5) is 10.2 Å². The van der Waals surface area contributed by atoms with Gasteiger partial charge in [-0.15, -0.1) is 0 Å². The summed E-state index contributed by atoms with van der Waals surface area (Å²) in [4.78, 5) is 23.6. The highest BCUT2D eigenvalue weighted by molar-refractivity contribution is 5.99. The minimum absolute atomic E-state index is 0.128. The largest absolute Gasteiger partial charge is 0.454 e. The number of carbonyl (C=O) groups is 1. The fourth-order valence-electron chi connectivity index (χ4n) is 5.00. The fourth-order valence-corrected chi connectivity index (χ4v) is 5.00. The van der Waals surface area contributed by atoms with E-state index in [1.54, 1.807) is 39.9 Å². The van der Waals surface area contributed by atoms with Crippen LogP contribution in [0.5, 0.6) is 11.5 Å². The molecule has 10 heteroatoms. The average molecular weight is 524 g/mol. The lowest BCUT2D eigenvalue weighted by Crippen LogP contribution is -2.39. The number of carbonyl (C=O) groups excluding carboxylic acids is 1. The molecular formula is C29H26FN7O2. The zero-order chi connectivity index (χ0) is 26.9. The van der Waals surface area contributed by atoms with Crippen LogP contribution in [0.15, 0.2) is 66.5 Å². The number of hydrogen-bond acceptors (Lipinski definition) is 7. The van der Waals surface area contributed by atoms with Crippen LogP contribution >= 0.6 is 0 Å². The summed E-state index contributed by atoms with van der Waals surface area (Å²) in [5, 5.41) is 15.0. The number of aromatic nitrogens is 4. The van der Waals surface area contributed by atoms with Crippen molar-refractivity contribution < 1.29 is 13.9 Å². The molecule has 1 amide bonds.